The first-order valence-electron chi connectivity index (χ1n) is 12.3. The van der Waals surface area contributed by atoms with E-state index < -0.39 is 29.5 Å². The van der Waals surface area contributed by atoms with Gasteiger partial charge in [0.15, 0.2) is 0 Å². The highest BCUT2D eigenvalue weighted by molar-refractivity contribution is 5.88. The monoisotopic (exact) mass is 477 g/mol. The summed E-state index contributed by atoms with van der Waals surface area (Å²) in [5.41, 5.74) is 0.345. The largest absolute Gasteiger partial charge is 0.480 e. The number of carboxylic acids is 1. The van der Waals surface area contributed by atoms with Crippen LogP contribution in [0.1, 0.15) is 79.7 Å². The molecule has 34 heavy (non-hydrogen) atoms. The van der Waals surface area contributed by atoms with Gasteiger partial charge in [-0.15, -0.1) is 0 Å². The number of ether oxygens (including phenoxy) is 2. The van der Waals surface area contributed by atoms with E-state index in [9.17, 15) is 19.5 Å². The van der Waals surface area contributed by atoms with Crippen LogP contribution in [-0.2, 0) is 30.5 Å². The molecule has 1 aromatic carbocycles. The van der Waals surface area contributed by atoms with Gasteiger partial charge in [0.1, 0.15) is 11.6 Å². The maximum Gasteiger partial charge on any atom is 0.326 e. The highest BCUT2D eigenvalue weighted by Gasteiger charge is 2.43. The number of nitrogens with zero attached hydrogens (tertiary/aromatic N) is 1. The number of amides is 1. The zero-order valence-corrected chi connectivity index (χ0v) is 21.9. The second-order valence-corrected chi connectivity index (χ2v) is 10.3. The number of benzene rings is 1. The van der Waals surface area contributed by atoms with Crippen LogP contribution < -0.4 is 0 Å². The third-order valence-corrected chi connectivity index (χ3v) is 5.10. The van der Waals surface area contributed by atoms with Crippen LogP contribution >= 0.6 is 0 Å². The smallest absolute Gasteiger partial charge is 0.326 e. The number of likely N-dealkylation sites (tertiary alicyclic amines) is 1. The summed E-state index contributed by atoms with van der Waals surface area (Å²) < 4.78 is 11.3. The lowest BCUT2D eigenvalue weighted by atomic mass is 9.92. The first-order chi connectivity index (χ1) is 15.9. The first-order valence-corrected chi connectivity index (χ1v) is 12.3. The fourth-order valence-corrected chi connectivity index (χ4v) is 3.84. The molecule has 1 amide bonds. The number of carboxylic acid groups (broad SMARTS) is 1. The Hall–Kier alpha value is -2.41. The molecule has 3 atom stereocenters. The molecule has 1 aromatic rings. The summed E-state index contributed by atoms with van der Waals surface area (Å²) in [6.07, 6.45) is 1.53. The quantitative estimate of drug-likeness (QED) is 0.499. The number of hydrogen-bond acceptors (Lipinski definition) is 5. The van der Waals surface area contributed by atoms with Gasteiger partial charge in [0.05, 0.1) is 19.1 Å². The Bertz CT molecular complexity index is 771. The Balaban J connectivity index is 0.00000182. The maximum absolute atomic E-state index is 13.3. The van der Waals surface area contributed by atoms with E-state index in [2.05, 4.69) is 13.8 Å². The summed E-state index contributed by atoms with van der Waals surface area (Å²) in [5, 5.41) is 9.69. The molecular formula is C27H43NO6. The summed E-state index contributed by atoms with van der Waals surface area (Å²) in [6, 6.07) is 8.66. The Morgan fingerprint density at radius 2 is 1.71 bits per heavy atom. The van der Waals surface area contributed by atoms with E-state index in [1.807, 2.05) is 44.2 Å². The van der Waals surface area contributed by atoms with Gasteiger partial charge in [0.2, 0.25) is 5.91 Å². The fourth-order valence-electron chi connectivity index (χ4n) is 3.84. The molecule has 7 nitrogen and oxygen atoms in total. The number of hydrogen-bond donors (Lipinski definition) is 1. The predicted molar refractivity (Wildman–Crippen MR) is 132 cm³/mol. The molecule has 2 rings (SSSR count). The summed E-state index contributed by atoms with van der Waals surface area (Å²) in [6.45, 7) is 14.1. The summed E-state index contributed by atoms with van der Waals surface area (Å²) in [4.78, 5) is 38.9. The van der Waals surface area contributed by atoms with Crippen LogP contribution in [0.15, 0.2) is 30.3 Å². The van der Waals surface area contributed by atoms with Crippen molar-refractivity contribution in [2.45, 2.75) is 98.5 Å². The fraction of sp³-hybridized carbons (Fsp3) is 0.667. The van der Waals surface area contributed by atoms with Crippen molar-refractivity contribution in [3.8, 4) is 0 Å². The maximum atomic E-state index is 13.3. The van der Waals surface area contributed by atoms with E-state index in [1.54, 1.807) is 20.8 Å². The van der Waals surface area contributed by atoms with E-state index in [4.69, 9.17) is 9.47 Å². The summed E-state index contributed by atoms with van der Waals surface area (Å²) >= 11 is 0. The van der Waals surface area contributed by atoms with E-state index in [0.29, 0.717) is 13.0 Å². The number of rotatable bonds is 9. The summed E-state index contributed by atoms with van der Waals surface area (Å²) in [5.74, 6) is -2.27. The van der Waals surface area contributed by atoms with Crippen molar-refractivity contribution in [2.75, 3.05) is 6.54 Å². The van der Waals surface area contributed by atoms with Crippen molar-refractivity contribution in [3.63, 3.8) is 0 Å². The zero-order valence-electron chi connectivity index (χ0n) is 21.9. The molecule has 1 saturated heterocycles. The highest BCUT2D eigenvalue weighted by Crippen LogP contribution is 2.28. The van der Waals surface area contributed by atoms with Gasteiger partial charge in [-0.3, -0.25) is 9.59 Å². The first kappa shape index (κ1) is 29.6. The molecule has 0 bridgehead atoms. The Kier molecular flexibility index (Phi) is 12.3. The lowest BCUT2D eigenvalue weighted by Crippen LogP contribution is -2.44. The Labute approximate surface area is 204 Å². The minimum absolute atomic E-state index is 0.0628. The molecule has 1 heterocycles. The molecule has 0 spiro atoms. The third-order valence-electron chi connectivity index (χ3n) is 5.10. The molecule has 1 aliphatic rings. The molecule has 1 N–H and O–H groups in total. The Morgan fingerprint density at radius 1 is 1.12 bits per heavy atom. The molecule has 0 radical (unpaired) electrons. The van der Waals surface area contributed by atoms with E-state index >= 15 is 0 Å². The predicted octanol–water partition coefficient (Wildman–Crippen LogP) is 5.07. The van der Waals surface area contributed by atoms with Gasteiger partial charge in [-0.05, 0) is 38.7 Å². The molecule has 1 fully saturated rings. The number of carbonyl (C=O) groups is 3. The van der Waals surface area contributed by atoms with Crippen molar-refractivity contribution in [3.05, 3.63) is 35.9 Å². The van der Waals surface area contributed by atoms with Gasteiger partial charge in [-0.1, -0.05) is 64.4 Å². The number of aliphatic carboxylic acids is 1. The molecule has 1 aliphatic heterocycles. The van der Waals surface area contributed by atoms with Crippen LogP contribution in [0.4, 0.5) is 0 Å². The van der Waals surface area contributed by atoms with Crippen LogP contribution in [0.25, 0.3) is 0 Å². The van der Waals surface area contributed by atoms with Crippen molar-refractivity contribution < 1.29 is 29.0 Å². The van der Waals surface area contributed by atoms with Crippen molar-refractivity contribution in [2.24, 2.45) is 11.8 Å². The van der Waals surface area contributed by atoms with E-state index in [1.165, 1.54) is 11.3 Å². The zero-order chi connectivity index (χ0) is 25.9. The minimum atomic E-state index is -1.06. The summed E-state index contributed by atoms with van der Waals surface area (Å²) in [7, 11) is 0. The van der Waals surface area contributed by atoms with Gasteiger partial charge < -0.3 is 19.5 Å². The third kappa shape index (κ3) is 10.7. The molecule has 7 heteroatoms. The molecule has 192 valence electrons. The SMILES string of the molecule is CC(C)CC(CC(=O)OC(C)(C)C)C(=O)N1CC(OCc2ccccc2)CC1C(=O)O.CCC. The van der Waals surface area contributed by atoms with Gasteiger partial charge in [-0.25, -0.2) is 4.79 Å². The van der Waals surface area contributed by atoms with Gasteiger partial charge in [0.25, 0.3) is 0 Å². The van der Waals surface area contributed by atoms with Crippen LogP contribution in [0.5, 0.6) is 0 Å². The van der Waals surface area contributed by atoms with Gasteiger partial charge in [-0.2, -0.15) is 0 Å². The van der Waals surface area contributed by atoms with E-state index in [0.717, 1.165) is 5.56 Å². The van der Waals surface area contributed by atoms with Gasteiger partial charge in [0, 0.05) is 18.9 Å². The van der Waals surface area contributed by atoms with Crippen LogP contribution in [0, 0.1) is 11.8 Å². The standard InChI is InChI=1S/C24H35NO6.C3H8/c1-16(2)11-18(12-21(26)31-24(3,4)5)22(27)25-14-19(13-20(25)23(28)29)30-15-17-9-7-6-8-10-17;1-3-2/h6-10,16,18-20H,11-15H2,1-5H3,(H,28,29);3H2,1-2H3. The topological polar surface area (TPSA) is 93.1 Å². The second-order valence-electron chi connectivity index (χ2n) is 10.3. The van der Waals surface area contributed by atoms with Crippen molar-refractivity contribution >= 4 is 17.8 Å². The normalized spacial score (nSPS) is 18.8. The van der Waals surface area contributed by atoms with Crippen molar-refractivity contribution in [1.29, 1.82) is 0 Å². The van der Waals surface area contributed by atoms with E-state index in [-0.39, 0.29) is 37.3 Å². The molecule has 3 unspecified atom stereocenters. The molecule has 0 saturated carbocycles. The number of carbonyl (C=O) groups excluding carboxylic acids is 2. The van der Waals surface area contributed by atoms with Crippen molar-refractivity contribution in [1.82, 2.24) is 4.90 Å². The average molecular weight is 478 g/mol. The molecule has 0 aromatic heterocycles. The number of esters is 1. The van der Waals surface area contributed by atoms with Crippen LogP contribution in [0.2, 0.25) is 0 Å². The Morgan fingerprint density at radius 3 is 2.21 bits per heavy atom. The van der Waals surface area contributed by atoms with Crippen LogP contribution in [0.3, 0.4) is 0 Å². The van der Waals surface area contributed by atoms with Crippen LogP contribution in [-0.4, -0.2) is 52.1 Å². The average Bonchev–Trinajstić information content (AvgIpc) is 3.15. The lowest BCUT2D eigenvalue weighted by molar-refractivity contribution is -0.159. The highest BCUT2D eigenvalue weighted by atomic mass is 16.6. The molecule has 0 aliphatic carbocycles. The minimum Gasteiger partial charge on any atom is -0.480 e. The lowest BCUT2D eigenvalue weighted by Gasteiger charge is -2.28. The molecular weight excluding hydrogens is 434 g/mol. The van der Waals surface area contributed by atoms with Gasteiger partial charge >= 0.3 is 11.9 Å². The second kappa shape index (κ2) is 14.1.